The lowest BCUT2D eigenvalue weighted by molar-refractivity contribution is -0.143. The van der Waals surface area contributed by atoms with Crippen LogP contribution in [0.15, 0.2) is 36.4 Å². The van der Waals surface area contributed by atoms with Gasteiger partial charge in [0, 0.05) is 18.6 Å². The van der Waals surface area contributed by atoms with Gasteiger partial charge in [-0.1, -0.05) is 18.2 Å². The molecule has 1 aliphatic rings. The van der Waals surface area contributed by atoms with Gasteiger partial charge in [0.2, 0.25) is 0 Å². The standard InChI is InChI=1S/C23H26F2O5/c1-2-27-22(26)10-9-16-12-19(24)23(20(25)13-16)30-14-17-6-3-4-8-21(17)29-15-18-7-5-11-28-18/h3-4,6,8,12-13,18H,2,5,7,9-11,14-15H2,1H3. The Morgan fingerprint density at radius 3 is 2.63 bits per heavy atom. The molecule has 0 radical (unpaired) electrons. The Labute approximate surface area is 174 Å². The van der Waals surface area contributed by atoms with Crippen molar-refractivity contribution in [3.63, 3.8) is 0 Å². The van der Waals surface area contributed by atoms with Crippen molar-refractivity contribution < 1.29 is 32.5 Å². The van der Waals surface area contributed by atoms with E-state index in [0.29, 0.717) is 23.5 Å². The van der Waals surface area contributed by atoms with Crippen LogP contribution in [0.4, 0.5) is 8.78 Å². The number of benzene rings is 2. The van der Waals surface area contributed by atoms with E-state index in [2.05, 4.69) is 0 Å². The summed E-state index contributed by atoms with van der Waals surface area (Å²) >= 11 is 0. The summed E-state index contributed by atoms with van der Waals surface area (Å²) in [7, 11) is 0. The molecule has 5 nitrogen and oxygen atoms in total. The maximum absolute atomic E-state index is 14.4. The Hall–Kier alpha value is -2.67. The topological polar surface area (TPSA) is 54.0 Å². The zero-order valence-corrected chi connectivity index (χ0v) is 17.0. The van der Waals surface area contributed by atoms with E-state index in [1.54, 1.807) is 19.1 Å². The number of carbonyl (C=O) groups excluding carboxylic acids is 1. The zero-order chi connectivity index (χ0) is 21.3. The third-order valence-electron chi connectivity index (χ3n) is 4.77. The molecule has 30 heavy (non-hydrogen) atoms. The number of rotatable bonds is 10. The van der Waals surface area contributed by atoms with Crippen molar-refractivity contribution in [2.75, 3.05) is 19.8 Å². The molecule has 2 aromatic carbocycles. The Bertz CT molecular complexity index is 826. The Morgan fingerprint density at radius 2 is 1.93 bits per heavy atom. The largest absolute Gasteiger partial charge is 0.490 e. The zero-order valence-electron chi connectivity index (χ0n) is 17.0. The molecule has 0 aromatic heterocycles. The molecule has 7 heteroatoms. The third kappa shape index (κ3) is 6.16. The summed E-state index contributed by atoms with van der Waals surface area (Å²) in [5.74, 6) is -1.89. The lowest BCUT2D eigenvalue weighted by Gasteiger charge is -2.15. The van der Waals surface area contributed by atoms with Gasteiger partial charge in [-0.25, -0.2) is 8.78 Å². The molecular formula is C23H26F2O5. The first-order valence-electron chi connectivity index (χ1n) is 10.2. The van der Waals surface area contributed by atoms with Crippen LogP contribution in [0.2, 0.25) is 0 Å². The fourth-order valence-electron chi connectivity index (χ4n) is 3.25. The molecule has 0 aliphatic carbocycles. The molecule has 1 atom stereocenters. The minimum Gasteiger partial charge on any atom is -0.490 e. The summed E-state index contributed by atoms with van der Waals surface area (Å²) in [6.45, 7) is 3.10. The number of halogens is 2. The number of hydrogen-bond acceptors (Lipinski definition) is 5. The molecule has 0 saturated carbocycles. The lowest BCUT2D eigenvalue weighted by Crippen LogP contribution is -2.17. The quantitative estimate of drug-likeness (QED) is 0.526. The van der Waals surface area contributed by atoms with E-state index >= 15 is 0 Å². The first-order chi connectivity index (χ1) is 14.6. The minimum absolute atomic E-state index is 0.0439. The van der Waals surface area contributed by atoms with E-state index in [-0.39, 0.29) is 32.2 Å². The molecule has 1 saturated heterocycles. The van der Waals surface area contributed by atoms with Gasteiger partial charge in [0.1, 0.15) is 19.0 Å². The van der Waals surface area contributed by atoms with Crippen LogP contribution in [0.5, 0.6) is 11.5 Å². The molecule has 0 amide bonds. The highest BCUT2D eigenvalue weighted by Gasteiger charge is 2.18. The van der Waals surface area contributed by atoms with Gasteiger partial charge in [-0.2, -0.15) is 0 Å². The molecule has 0 spiro atoms. The van der Waals surface area contributed by atoms with E-state index in [4.69, 9.17) is 18.9 Å². The van der Waals surface area contributed by atoms with Crippen molar-refractivity contribution in [2.24, 2.45) is 0 Å². The van der Waals surface area contributed by atoms with Crippen LogP contribution < -0.4 is 9.47 Å². The van der Waals surface area contributed by atoms with Gasteiger partial charge in [0.25, 0.3) is 0 Å². The fraction of sp³-hybridized carbons (Fsp3) is 0.435. The summed E-state index contributed by atoms with van der Waals surface area (Å²) in [6.07, 6.45) is 2.29. The van der Waals surface area contributed by atoms with E-state index < -0.39 is 23.4 Å². The average molecular weight is 420 g/mol. The Kier molecular flexibility index (Phi) is 8.02. The summed E-state index contributed by atoms with van der Waals surface area (Å²) in [4.78, 5) is 11.4. The number of hydrogen-bond donors (Lipinski definition) is 0. The van der Waals surface area contributed by atoms with Crippen LogP contribution in [0.25, 0.3) is 0 Å². The Balaban J connectivity index is 1.60. The highest BCUT2D eigenvalue weighted by atomic mass is 19.1. The summed E-state index contributed by atoms with van der Waals surface area (Å²) in [5, 5.41) is 0. The van der Waals surface area contributed by atoms with Crippen LogP contribution >= 0.6 is 0 Å². The maximum atomic E-state index is 14.4. The smallest absolute Gasteiger partial charge is 0.306 e. The minimum atomic E-state index is -0.813. The number of aryl methyl sites for hydroxylation is 1. The maximum Gasteiger partial charge on any atom is 0.306 e. The van der Waals surface area contributed by atoms with Crippen LogP contribution in [0.3, 0.4) is 0 Å². The van der Waals surface area contributed by atoms with Gasteiger partial charge in [-0.15, -0.1) is 0 Å². The molecular weight excluding hydrogens is 394 g/mol. The molecule has 1 heterocycles. The SMILES string of the molecule is CCOC(=O)CCc1cc(F)c(OCc2ccccc2OCC2CCCO2)c(F)c1. The second-order valence-electron chi connectivity index (χ2n) is 7.04. The molecule has 0 bridgehead atoms. The molecule has 1 aliphatic heterocycles. The third-order valence-corrected chi connectivity index (χ3v) is 4.77. The summed E-state index contributed by atoms with van der Waals surface area (Å²) in [5.41, 5.74) is 1.05. The molecule has 162 valence electrons. The van der Waals surface area contributed by atoms with Crippen LogP contribution in [0, 0.1) is 11.6 Å². The van der Waals surface area contributed by atoms with Crippen molar-refractivity contribution in [1.82, 2.24) is 0 Å². The summed E-state index contributed by atoms with van der Waals surface area (Å²) < 4.78 is 50.5. The van der Waals surface area contributed by atoms with Crippen LogP contribution in [-0.2, 0) is 27.3 Å². The van der Waals surface area contributed by atoms with Crippen LogP contribution in [-0.4, -0.2) is 31.9 Å². The fourth-order valence-corrected chi connectivity index (χ4v) is 3.25. The predicted molar refractivity (Wildman–Crippen MR) is 107 cm³/mol. The Morgan fingerprint density at radius 1 is 1.17 bits per heavy atom. The molecule has 3 rings (SSSR count). The number of esters is 1. The van der Waals surface area contributed by atoms with Crippen LogP contribution in [0.1, 0.15) is 37.3 Å². The summed E-state index contributed by atoms with van der Waals surface area (Å²) in [6, 6.07) is 9.57. The second-order valence-corrected chi connectivity index (χ2v) is 7.04. The monoisotopic (exact) mass is 420 g/mol. The van der Waals surface area contributed by atoms with Gasteiger partial charge in [-0.3, -0.25) is 4.79 Å². The highest BCUT2D eigenvalue weighted by molar-refractivity contribution is 5.69. The predicted octanol–water partition coefficient (Wildman–Crippen LogP) is 4.60. The highest BCUT2D eigenvalue weighted by Crippen LogP contribution is 2.27. The number of carbonyl (C=O) groups is 1. The van der Waals surface area contributed by atoms with E-state index in [1.807, 2.05) is 12.1 Å². The van der Waals surface area contributed by atoms with Crippen molar-refractivity contribution >= 4 is 5.97 Å². The molecule has 1 fully saturated rings. The van der Waals surface area contributed by atoms with Gasteiger partial charge >= 0.3 is 5.97 Å². The molecule has 1 unspecified atom stereocenters. The van der Waals surface area contributed by atoms with Crippen molar-refractivity contribution in [1.29, 1.82) is 0 Å². The molecule has 0 N–H and O–H groups in total. The average Bonchev–Trinajstić information content (AvgIpc) is 3.25. The van der Waals surface area contributed by atoms with E-state index in [0.717, 1.165) is 19.4 Å². The second kappa shape index (κ2) is 10.9. The van der Waals surface area contributed by atoms with E-state index in [9.17, 15) is 13.6 Å². The van der Waals surface area contributed by atoms with Gasteiger partial charge in [0.05, 0.1) is 12.7 Å². The normalized spacial score (nSPS) is 15.8. The van der Waals surface area contributed by atoms with Gasteiger partial charge < -0.3 is 18.9 Å². The number of para-hydroxylation sites is 1. The lowest BCUT2D eigenvalue weighted by atomic mass is 10.1. The van der Waals surface area contributed by atoms with Crippen molar-refractivity contribution in [3.05, 3.63) is 59.2 Å². The molecule has 2 aromatic rings. The van der Waals surface area contributed by atoms with E-state index in [1.165, 1.54) is 12.1 Å². The van der Waals surface area contributed by atoms with Gasteiger partial charge in [0.15, 0.2) is 17.4 Å². The van der Waals surface area contributed by atoms with Crippen molar-refractivity contribution in [3.8, 4) is 11.5 Å². The first kappa shape index (κ1) is 22.0. The number of ether oxygens (including phenoxy) is 4. The first-order valence-corrected chi connectivity index (χ1v) is 10.2. The van der Waals surface area contributed by atoms with Crippen molar-refractivity contribution in [2.45, 2.75) is 45.3 Å². The van der Waals surface area contributed by atoms with Gasteiger partial charge in [-0.05, 0) is 49.9 Å².